The highest BCUT2D eigenvalue weighted by atomic mass is 19.1. The molecule has 9 heteroatoms. The molecule has 2 N–H and O–H groups in total. The number of amides is 1. The maximum atomic E-state index is 14.4. The second-order valence-corrected chi connectivity index (χ2v) is 7.89. The zero-order valence-corrected chi connectivity index (χ0v) is 17.6. The maximum absolute atomic E-state index is 14.4. The van der Waals surface area contributed by atoms with Crippen LogP contribution < -0.4 is 11.5 Å². The van der Waals surface area contributed by atoms with Gasteiger partial charge in [0.15, 0.2) is 11.4 Å². The fourth-order valence-corrected chi connectivity index (χ4v) is 3.97. The zero-order chi connectivity index (χ0) is 22.8. The van der Waals surface area contributed by atoms with E-state index in [1.54, 1.807) is 6.07 Å². The third kappa shape index (κ3) is 4.28. The van der Waals surface area contributed by atoms with Crippen molar-refractivity contribution in [2.75, 3.05) is 19.7 Å². The van der Waals surface area contributed by atoms with E-state index in [1.165, 1.54) is 17.7 Å². The molecule has 166 valence electrons. The van der Waals surface area contributed by atoms with Crippen molar-refractivity contribution in [3.05, 3.63) is 58.3 Å². The van der Waals surface area contributed by atoms with E-state index >= 15 is 0 Å². The summed E-state index contributed by atoms with van der Waals surface area (Å²) in [6.07, 6.45) is 0.455. The Labute approximate surface area is 183 Å². The van der Waals surface area contributed by atoms with Crippen LogP contribution in [0.25, 0.3) is 22.2 Å². The van der Waals surface area contributed by atoms with E-state index in [-0.39, 0.29) is 12.1 Å². The highest BCUT2D eigenvalue weighted by Gasteiger charge is 2.28. The number of oxazole rings is 1. The van der Waals surface area contributed by atoms with Crippen molar-refractivity contribution >= 4 is 17.0 Å². The van der Waals surface area contributed by atoms with Crippen molar-refractivity contribution < 1.29 is 18.3 Å². The Kier molecular flexibility index (Phi) is 6.08. The van der Waals surface area contributed by atoms with Gasteiger partial charge in [0.05, 0.1) is 11.6 Å². The quantitative estimate of drug-likeness (QED) is 0.651. The number of hydrogen-bond donors (Lipinski definition) is 1. The Morgan fingerprint density at radius 3 is 2.75 bits per heavy atom. The Balaban J connectivity index is 1.54. The molecular weight excluding hydrogens is 415 g/mol. The van der Waals surface area contributed by atoms with Crippen LogP contribution in [0.15, 0.2) is 45.6 Å². The molecule has 0 unspecified atom stereocenters. The summed E-state index contributed by atoms with van der Waals surface area (Å²) in [5.41, 5.74) is 8.03. The van der Waals surface area contributed by atoms with Crippen molar-refractivity contribution in [3.63, 3.8) is 0 Å². The van der Waals surface area contributed by atoms with Crippen LogP contribution >= 0.6 is 0 Å². The number of nitriles is 1. The first kappa shape index (κ1) is 21.7. The second kappa shape index (κ2) is 8.94. The van der Waals surface area contributed by atoms with Crippen LogP contribution in [0.4, 0.5) is 4.39 Å². The molecule has 1 aliphatic rings. The van der Waals surface area contributed by atoms with Gasteiger partial charge in [-0.1, -0.05) is 24.3 Å². The molecule has 0 saturated carbocycles. The molecule has 1 fully saturated rings. The lowest BCUT2D eigenvalue weighted by Gasteiger charge is -2.27. The molecule has 0 bridgehead atoms. The van der Waals surface area contributed by atoms with Crippen LogP contribution in [-0.2, 0) is 23.0 Å². The number of halogens is 1. The third-order valence-corrected chi connectivity index (χ3v) is 5.78. The number of primary amides is 1. The Hall–Kier alpha value is -3.48. The van der Waals surface area contributed by atoms with Crippen LogP contribution in [0.2, 0.25) is 0 Å². The summed E-state index contributed by atoms with van der Waals surface area (Å²) in [5, 5.41) is 9.72. The lowest BCUT2D eigenvalue weighted by molar-refractivity contribution is -0.129. The van der Waals surface area contributed by atoms with Crippen LogP contribution in [0.5, 0.6) is 0 Å². The molecule has 2 heterocycles. The van der Waals surface area contributed by atoms with Gasteiger partial charge in [-0.05, 0) is 35.2 Å². The number of fused-ring (bicyclic) bond motifs is 1. The maximum Gasteiger partial charge on any atom is 0.419 e. The number of aromatic nitrogens is 1. The largest absolute Gasteiger partial charge is 0.419 e. The minimum absolute atomic E-state index is 0.0644. The van der Waals surface area contributed by atoms with E-state index in [0.717, 1.165) is 11.1 Å². The lowest BCUT2D eigenvalue weighted by atomic mass is 9.99. The van der Waals surface area contributed by atoms with Gasteiger partial charge in [-0.25, -0.2) is 9.18 Å². The number of ether oxygens (including phenoxy) is 1. The highest BCUT2D eigenvalue weighted by molar-refractivity contribution is 5.81. The summed E-state index contributed by atoms with van der Waals surface area (Å²) in [6, 6.07) is 12.4. The number of aryl methyl sites for hydroxylation is 1. The summed E-state index contributed by atoms with van der Waals surface area (Å²) in [7, 11) is 1.53. The van der Waals surface area contributed by atoms with E-state index < -0.39 is 29.6 Å². The SMILES string of the molecule is Cn1c(=O)oc2c(F)cc(-c3ccc(C[C@@H](C#N)N4CCCO[C@H](C(N)=O)C4)cc3)cc21. The van der Waals surface area contributed by atoms with Gasteiger partial charge < -0.3 is 14.9 Å². The summed E-state index contributed by atoms with van der Waals surface area (Å²) in [6.45, 7) is 1.36. The summed E-state index contributed by atoms with van der Waals surface area (Å²) >= 11 is 0. The van der Waals surface area contributed by atoms with Gasteiger partial charge in [0.1, 0.15) is 12.1 Å². The van der Waals surface area contributed by atoms with Crippen molar-refractivity contribution in [2.45, 2.75) is 25.0 Å². The first-order valence-corrected chi connectivity index (χ1v) is 10.3. The fraction of sp³-hybridized carbons (Fsp3) is 0.348. The number of carbonyl (C=O) groups excluding carboxylic acids is 1. The lowest BCUT2D eigenvalue weighted by Crippen LogP contribution is -2.44. The van der Waals surface area contributed by atoms with Gasteiger partial charge in [-0.15, -0.1) is 0 Å². The normalized spacial score (nSPS) is 18.2. The van der Waals surface area contributed by atoms with Crippen molar-refractivity contribution in [1.29, 1.82) is 5.26 Å². The number of rotatable bonds is 5. The van der Waals surface area contributed by atoms with Crippen LogP contribution in [0, 0.1) is 17.1 Å². The first-order chi connectivity index (χ1) is 15.4. The number of nitrogens with zero attached hydrogens (tertiary/aromatic N) is 3. The topological polar surface area (TPSA) is 114 Å². The molecule has 1 saturated heterocycles. The predicted molar refractivity (Wildman–Crippen MR) is 115 cm³/mol. The van der Waals surface area contributed by atoms with Gasteiger partial charge in [0.25, 0.3) is 0 Å². The molecule has 3 aromatic rings. The molecule has 0 aliphatic carbocycles. The standard InChI is InChI=1S/C23H23FN4O4/c1-27-19-11-16(10-18(24)21(19)32-23(27)30)15-5-3-14(4-6-15)9-17(12-25)28-7-2-8-31-20(13-28)22(26)29/h3-6,10-11,17,20H,2,7-9,13H2,1H3,(H2,26,29)/t17-,20-/m0/s1. The van der Waals surface area contributed by atoms with E-state index in [2.05, 4.69) is 6.07 Å². The third-order valence-electron chi connectivity index (χ3n) is 5.78. The number of hydrogen-bond acceptors (Lipinski definition) is 6. The van der Waals surface area contributed by atoms with Gasteiger partial charge in [-0.2, -0.15) is 5.26 Å². The Bertz CT molecular complexity index is 1240. The molecular formula is C23H23FN4O4. The second-order valence-electron chi connectivity index (χ2n) is 7.89. The molecule has 1 aromatic heterocycles. The minimum atomic E-state index is -0.723. The van der Waals surface area contributed by atoms with Gasteiger partial charge in [0, 0.05) is 33.2 Å². The number of nitrogens with two attached hydrogens (primary N) is 1. The van der Waals surface area contributed by atoms with Crippen molar-refractivity contribution in [3.8, 4) is 17.2 Å². The summed E-state index contributed by atoms with van der Waals surface area (Å²) in [4.78, 5) is 25.2. The Morgan fingerprint density at radius 2 is 2.06 bits per heavy atom. The van der Waals surface area contributed by atoms with Crippen molar-refractivity contribution in [2.24, 2.45) is 12.8 Å². The molecule has 4 rings (SSSR count). The number of benzene rings is 2. The van der Waals surface area contributed by atoms with Gasteiger partial charge in [0.2, 0.25) is 5.91 Å². The zero-order valence-electron chi connectivity index (χ0n) is 17.6. The summed E-state index contributed by atoms with van der Waals surface area (Å²) < 4.78 is 26.1. The van der Waals surface area contributed by atoms with Crippen LogP contribution in [0.3, 0.4) is 0 Å². The van der Waals surface area contributed by atoms with E-state index in [0.29, 0.717) is 37.1 Å². The average molecular weight is 438 g/mol. The molecule has 1 aliphatic heterocycles. The molecule has 2 aromatic carbocycles. The molecule has 8 nitrogen and oxygen atoms in total. The molecule has 0 spiro atoms. The smallest absolute Gasteiger partial charge is 0.405 e. The van der Waals surface area contributed by atoms with Gasteiger partial charge >= 0.3 is 5.76 Å². The van der Waals surface area contributed by atoms with E-state index in [1.807, 2.05) is 29.2 Å². The predicted octanol–water partition coefficient (Wildman–Crippen LogP) is 1.95. The van der Waals surface area contributed by atoms with Crippen LogP contribution in [0.1, 0.15) is 12.0 Å². The molecule has 0 radical (unpaired) electrons. The molecule has 32 heavy (non-hydrogen) atoms. The monoisotopic (exact) mass is 438 g/mol. The van der Waals surface area contributed by atoms with Crippen molar-refractivity contribution in [1.82, 2.24) is 9.47 Å². The molecule has 1 amide bonds. The number of carbonyl (C=O) groups is 1. The van der Waals surface area contributed by atoms with E-state index in [4.69, 9.17) is 14.9 Å². The Morgan fingerprint density at radius 1 is 1.31 bits per heavy atom. The minimum Gasteiger partial charge on any atom is -0.405 e. The van der Waals surface area contributed by atoms with Crippen LogP contribution in [-0.4, -0.2) is 47.2 Å². The highest BCUT2D eigenvalue weighted by Crippen LogP contribution is 2.27. The molecule has 2 atom stereocenters. The summed E-state index contributed by atoms with van der Waals surface area (Å²) in [5.74, 6) is -1.75. The average Bonchev–Trinajstić information content (AvgIpc) is 2.96. The first-order valence-electron chi connectivity index (χ1n) is 10.3. The fourth-order valence-electron chi connectivity index (χ4n) is 3.97. The van der Waals surface area contributed by atoms with Gasteiger partial charge in [-0.3, -0.25) is 14.3 Å². The van der Waals surface area contributed by atoms with E-state index in [9.17, 15) is 19.2 Å².